The normalized spacial score (nSPS) is 27.4. The largest absolute Gasteiger partial charge is 0.480 e. The van der Waals surface area contributed by atoms with Crippen molar-refractivity contribution < 1.29 is 9.90 Å². The fourth-order valence-corrected chi connectivity index (χ4v) is 1.89. The number of hydrogen-bond acceptors (Lipinski definition) is 3. The van der Waals surface area contributed by atoms with Crippen LogP contribution in [0.25, 0.3) is 0 Å². The molecule has 1 fully saturated rings. The van der Waals surface area contributed by atoms with Crippen LogP contribution in [0.1, 0.15) is 6.92 Å². The zero-order valence-electron chi connectivity index (χ0n) is 7.03. The van der Waals surface area contributed by atoms with Crippen molar-refractivity contribution in [2.24, 2.45) is 0 Å². The molecular weight excluding hydrogens is 156 g/mol. The van der Waals surface area contributed by atoms with Crippen molar-refractivity contribution in [3.05, 3.63) is 11.9 Å². The maximum Gasteiger partial charge on any atom is 0.328 e. The lowest BCUT2D eigenvalue weighted by Gasteiger charge is -2.45. The van der Waals surface area contributed by atoms with E-state index in [1.807, 2.05) is 18.0 Å². The van der Waals surface area contributed by atoms with Gasteiger partial charge in [-0.05, 0) is 6.92 Å². The molecule has 0 aromatic rings. The van der Waals surface area contributed by atoms with Gasteiger partial charge in [0, 0.05) is 31.5 Å². The Morgan fingerprint density at radius 3 is 2.83 bits per heavy atom. The smallest absolute Gasteiger partial charge is 0.328 e. The van der Waals surface area contributed by atoms with Crippen molar-refractivity contribution in [1.82, 2.24) is 9.80 Å². The van der Waals surface area contributed by atoms with Crippen LogP contribution in [-0.4, -0.2) is 46.6 Å². The minimum Gasteiger partial charge on any atom is -0.480 e. The van der Waals surface area contributed by atoms with Crippen LogP contribution in [0, 0.1) is 0 Å². The fraction of sp³-hybridized carbons (Fsp3) is 0.625. The van der Waals surface area contributed by atoms with Gasteiger partial charge in [0.15, 0.2) is 0 Å². The number of rotatable bonds is 1. The molecule has 4 heteroatoms. The van der Waals surface area contributed by atoms with Gasteiger partial charge in [-0.3, -0.25) is 0 Å². The second kappa shape index (κ2) is 2.40. The number of nitrogens with zero attached hydrogens (tertiary/aromatic N) is 2. The van der Waals surface area contributed by atoms with E-state index in [2.05, 4.69) is 4.90 Å². The lowest BCUT2D eigenvalue weighted by atomic mass is 10.1. The van der Waals surface area contributed by atoms with Crippen molar-refractivity contribution in [2.75, 3.05) is 19.6 Å². The summed E-state index contributed by atoms with van der Waals surface area (Å²) in [7, 11) is 0. The van der Waals surface area contributed by atoms with E-state index in [9.17, 15) is 4.79 Å². The van der Waals surface area contributed by atoms with Gasteiger partial charge in [0.1, 0.15) is 6.04 Å². The number of carboxylic acid groups (broad SMARTS) is 1. The summed E-state index contributed by atoms with van der Waals surface area (Å²) >= 11 is 0. The highest BCUT2D eigenvalue weighted by Gasteiger charge is 2.34. The Balaban J connectivity index is 2.24. The predicted octanol–water partition coefficient (Wildman–Crippen LogP) is -0.0679. The number of allylic oxidation sites excluding steroid dienone is 1. The highest BCUT2D eigenvalue weighted by Crippen LogP contribution is 2.22. The van der Waals surface area contributed by atoms with E-state index in [1.54, 1.807) is 0 Å². The van der Waals surface area contributed by atoms with Gasteiger partial charge in [-0.15, -0.1) is 0 Å². The summed E-state index contributed by atoms with van der Waals surface area (Å²) in [5.41, 5.74) is 1.07. The zero-order valence-corrected chi connectivity index (χ0v) is 7.03. The molecule has 3 aliphatic rings. The molecule has 3 heterocycles. The molecule has 0 spiro atoms. The van der Waals surface area contributed by atoms with Gasteiger partial charge in [0.05, 0.1) is 0 Å². The standard InChI is InChI=1S/C8H12N2O2/c1-6-4-9-2-3-10(6)7(5-9)8(11)12/h4,7H,2-3,5H2,1H3,(H,11,12). The van der Waals surface area contributed by atoms with Gasteiger partial charge in [0.2, 0.25) is 0 Å². The Hall–Kier alpha value is -1.19. The summed E-state index contributed by atoms with van der Waals surface area (Å²) in [5, 5.41) is 8.88. The summed E-state index contributed by atoms with van der Waals surface area (Å²) < 4.78 is 0. The molecule has 0 aliphatic carbocycles. The number of fused-ring (bicyclic) bond motifs is 2. The van der Waals surface area contributed by atoms with E-state index in [0.29, 0.717) is 6.54 Å². The lowest BCUT2D eigenvalue weighted by Crippen LogP contribution is -2.57. The number of carboxylic acids is 1. The molecule has 12 heavy (non-hydrogen) atoms. The molecule has 0 saturated carbocycles. The SMILES string of the molecule is CC1=CN2CCN1C(C(=O)O)C2. The molecule has 66 valence electrons. The highest BCUT2D eigenvalue weighted by atomic mass is 16.4. The second-order valence-corrected chi connectivity index (χ2v) is 3.31. The predicted molar refractivity (Wildman–Crippen MR) is 43.5 cm³/mol. The summed E-state index contributed by atoms with van der Waals surface area (Å²) in [6.45, 7) is 4.40. The van der Waals surface area contributed by atoms with Gasteiger partial charge in [-0.1, -0.05) is 0 Å². The maximum atomic E-state index is 10.8. The summed E-state index contributed by atoms with van der Waals surface area (Å²) in [5.74, 6) is -0.716. The average Bonchev–Trinajstić information content (AvgIpc) is 2.04. The summed E-state index contributed by atoms with van der Waals surface area (Å²) in [4.78, 5) is 14.8. The third-order valence-corrected chi connectivity index (χ3v) is 2.52. The van der Waals surface area contributed by atoms with E-state index in [0.717, 1.165) is 18.8 Å². The average molecular weight is 168 g/mol. The van der Waals surface area contributed by atoms with Crippen molar-refractivity contribution in [3.8, 4) is 0 Å². The van der Waals surface area contributed by atoms with Crippen LogP contribution in [0.4, 0.5) is 0 Å². The quantitative estimate of drug-likeness (QED) is 0.595. The zero-order chi connectivity index (χ0) is 8.72. The maximum absolute atomic E-state index is 10.8. The first-order valence-corrected chi connectivity index (χ1v) is 4.10. The Morgan fingerprint density at radius 2 is 2.42 bits per heavy atom. The molecule has 0 amide bonds. The number of hydrogen-bond donors (Lipinski definition) is 1. The van der Waals surface area contributed by atoms with Crippen molar-refractivity contribution >= 4 is 5.97 Å². The summed E-state index contributed by atoms with van der Waals surface area (Å²) in [6.07, 6.45) is 2.03. The van der Waals surface area contributed by atoms with Crippen LogP contribution in [-0.2, 0) is 4.79 Å². The Kier molecular flexibility index (Phi) is 1.49. The molecule has 1 atom stereocenters. The van der Waals surface area contributed by atoms with Gasteiger partial charge in [0.25, 0.3) is 0 Å². The first kappa shape index (κ1) is 7.46. The van der Waals surface area contributed by atoms with Crippen LogP contribution in [0.15, 0.2) is 11.9 Å². The Labute approximate surface area is 71.1 Å². The fourth-order valence-electron chi connectivity index (χ4n) is 1.89. The van der Waals surface area contributed by atoms with E-state index < -0.39 is 5.97 Å². The summed E-state index contributed by atoms with van der Waals surface area (Å²) in [6, 6.07) is -0.330. The molecule has 0 aromatic carbocycles. The van der Waals surface area contributed by atoms with Crippen LogP contribution >= 0.6 is 0 Å². The van der Waals surface area contributed by atoms with E-state index in [4.69, 9.17) is 5.11 Å². The van der Waals surface area contributed by atoms with Crippen LogP contribution < -0.4 is 0 Å². The van der Waals surface area contributed by atoms with Crippen molar-refractivity contribution in [2.45, 2.75) is 13.0 Å². The minimum atomic E-state index is -0.716. The first-order valence-electron chi connectivity index (χ1n) is 4.10. The molecule has 2 bridgehead atoms. The number of carbonyl (C=O) groups is 1. The molecular formula is C8H12N2O2. The van der Waals surface area contributed by atoms with Gasteiger partial charge >= 0.3 is 5.97 Å². The molecule has 0 radical (unpaired) electrons. The van der Waals surface area contributed by atoms with Crippen molar-refractivity contribution in [3.63, 3.8) is 0 Å². The minimum absolute atomic E-state index is 0.330. The molecule has 1 N–H and O–H groups in total. The molecule has 1 saturated heterocycles. The van der Waals surface area contributed by atoms with Crippen LogP contribution in [0.3, 0.4) is 0 Å². The van der Waals surface area contributed by atoms with E-state index in [1.165, 1.54) is 0 Å². The van der Waals surface area contributed by atoms with E-state index in [-0.39, 0.29) is 6.04 Å². The topological polar surface area (TPSA) is 43.8 Å². The third-order valence-electron chi connectivity index (χ3n) is 2.52. The van der Waals surface area contributed by atoms with Crippen LogP contribution in [0.5, 0.6) is 0 Å². The molecule has 4 nitrogen and oxygen atoms in total. The van der Waals surface area contributed by atoms with Crippen LogP contribution in [0.2, 0.25) is 0 Å². The molecule has 3 rings (SSSR count). The highest BCUT2D eigenvalue weighted by molar-refractivity contribution is 5.74. The monoisotopic (exact) mass is 168 g/mol. The van der Waals surface area contributed by atoms with E-state index >= 15 is 0 Å². The second-order valence-electron chi connectivity index (χ2n) is 3.31. The Morgan fingerprint density at radius 1 is 1.67 bits per heavy atom. The van der Waals surface area contributed by atoms with Gasteiger partial charge in [-0.2, -0.15) is 0 Å². The molecule has 1 unspecified atom stereocenters. The van der Waals surface area contributed by atoms with Crippen molar-refractivity contribution in [1.29, 1.82) is 0 Å². The lowest BCUT2D eigenvalue weighted by molar-refractivity contribution is -0.145. The van der Waals surface area contributed by atoms with Gasteiger partial charge < -0.3 is 14.9 Å². The third kappa shape index (κ3) is 0.948. The molecule has 0 aromatic heterocycles. The Bertz CT molecular complexity index is 249. The first-order chi connectivity index (χ1) is 5.68. The number of piperazine rings is 1. The van der Waals surface area contributed by atoms with Gasteiger partial charge in [-0.25, -0.2) is 4.79 Å². The molecule has 3 aliphatic heterocycles. The number of aliphatic carboxylic acids is 1.